The van der Waals surface area contributed by atoms with Gasteiger partial charge in [-0.3, -0.25) is 4.79 Å². The summed E-state index contributed by atoms with van der Waals surface area (Å²) in [5.41, 5.74) is 1.76. The largest absolute Gasteiger partial charge is 0.503 e. The molecule has 1 aromatic carbocycles. The Bertz CT molecular complexity index is 419. The normalized spacial score (nSPS) is 22.1. The first-order chi connectivity index (χ1) is 7.68. The number of carbonyl (C=O) groups is 1. The van der Waals surface area contributed by atoms with Crippen molar-refractivity contribution in [2.75, 3.05) is 0 Å². The summed E-state index contributed by atoms with van der Waals surface area (Å²) in [7, 11) is 0. The number of benzene rings is 1. The van der Waals surface area contributed by atoms with Gasteiger partial charge in [-0.15, -0.1) is 0 Å². The van der Waals surface area contributed by atoms with Gasteiger partial charge in [0, 0.05) is 44.7 Å². The number of hydrogen-bond acceptors (Lipinski definition) is 3. The van der Waals surface area contributed by atoms with Crippen LogP contribution in [0, 0.1) is 12.3 Å². The Morgan fingerprint density at radius 1 is 1.41 bits per heavy atom. The van der Waals surface area contributed by atoms with Gasteiger partial charge in [0.25, 0.3) is 0 Å². The molecule has 1 N–H and O–H groups in total. The smallest absolute Gasteiger partial charge is 0.167 e. The van der Waals surface area contributed by atoms with Crippen molar-refractivity contribution in [3.8, 4) is 0 Å². The van der Waals surface area contributed by atoms with Crippen molar-refractivity contribution in [3.05, 3.63) is 42.3 Å². The van der Waals surface area contributed by atoms with Crippen LogP contribution in [0.15, 0.2) is 35.5 Å². The van der Waals surface area contributed by atoms with Gasteiger partial charge in [-0.2, -0.15) is 0 Å². The SMILES string of the molecule is CC1C(c2ccccc2)=NOC1[CH-]C(=O)O.[Y]. The van der Waals surface area contributed by atoms with Crippen molar-refractivity contribution in [1.29, 1.82) is 0 Å². The molecule has 0 spiro atoms. The van der Waals surface area contributed by atoms with Crippen molar-refractivity contribution in [2.24, 2.45) is 11.1 Å². The van der Waals surface area contributed by atoms with E-state index in [0.717, 1.165) is 17.7 Å². The first-order valence-corrected chi connectivity index (χ1v) is 5.05. The second-order valence-electron chi connectivity index (χ2n) is 3.71. The zero-order valence-corrected chi connectivity index (χ0v) is 12.2. The molecule has 17 heavy (non-hydrogen) atoms. The summed E-state index contributed by atoms with van der Waals surface area (Å²) in [4.78, 5) is 15.7. The molecule has 0 saturated heterocycles. The van der Waals surface area contributed by atoms with E-state index >= 15 is 0 Å². The Morgan fingerprint density at radius 2 is 2.06 bits per heavy atom. The molecule has 0 fully saturated rings. The summed E-state index contributed by atoms with van der Waals surface area (Å²) in [6.07, 6.45) is 0.650. The number of nitrogens with zero attached hydrogens (tertiary/aromatic N) is 1. The molecule has 0 aromatic heterocycles. The van der Waals surface area contributed by atoms with Crippen LogP contribution in [0.25, 0.3) is 0 Å². The maximum absolute atomic E-state index is 10.6. The quantitative estimate of drug-likeness (QED) is 0.865. The van der Waals surface area contributed by atoms with Crippen LogP contribution in [0.3, 0.4) is 0 Å². The van der Waals surface area contributed by atoms with Gasteiger partial charge in [0.2, 0.25) is 0 Å². The molecule has 2 unspecified atom stereocenters. The summed E-state index contributed by atoms with van der Waals surface area (Å²) in [6, 6.07) is 9.62. The molecule has 1 heterocycles. The third kappa shape index (κ3) is 3.30. The summed E-state index contributed by atoms with van der Waals surface area (Å²) in [5.74, 6) is -1.03. The number of aliphatic carboxylic acids is 1. The molecule has 0 saturated carbocycles. The van der Waals surface area contributed by atoms with Gasteiger partial charge in [0.1, 0.15) is 0 Å². The van der Waals surface area contributed by atoms with Crippen molar-refractivity contribution in [3.63, 3.8) is 0 Å². The Labute approximate surface area is 125 Å². The van der Waals surface area contributed by atoms with E-state index in [1.54, 1.807) is 0 Å². The molecule has 1 aliphatic heterocycles. The number of oxime groups is 1. The minimum Gasteiger partial charge on any atom is -0.503 e. The van der Waals surface area contributed by atoms with E-state index in [4.69, 9.17) is 9.94 Å². The molecule has 5 heteroatoms. The molecule has 2 atom stereocenters. The molecule has 4 nitrogen and oxygen atoms in total. The average molecular weight is 307 g/mol. The van der Waals surface area contributed by atoms with Gasteiger partial charge >= 0.3 is 0 Å². The molecule has 0 bridgehead atoms. The molecule has 1 aromatic rings. The zero-order valence-electron chi connectivity index (χ0n) is 9.41. The second-order valence-corrected chi connectivity index (χ2v) is 3.71. The molecule has 1 radical (unpaired) electrons. The molecule has 87 valence electrons. The minimum absolute atomic E-state index is 0. The number of carboxylic acid groups (broad SMARTS) is 1. The van der Waals surface area contributed by atoms with Crippen LogP contribution in [0.2, 0.25) is 0 Å². The fourth-order valence-corrected chi connectivity index (χ4v) is 1.69. The van der Waals surface area contributed by atoms with Crippen molar-refractivity contribution in [2.45, 2.75) is 13.0 Å². The Hall–Kier alpha value is -0.866. The number of rotatable bonds is 3. The van der Waals surface area contributed by atoms with Crippen LogP contribution in [0.1, 0.15) is 12.5 Å². The topological polar surface area (TPSA) is 58.9 Å². The summed E-state index contributed by atoms with van der Waals surface area (Å²) in [6.45, 7) is 1.91. The maximum atomic E-state index is 10.6. The van der Waals surface area contributed by atoms with Crippen molar-refractivity contribution < 1.29 is 47.4 Å². The van der Waals surface area contributed by atoms with Gasteiger partial charge in [-0.1, -0.05) is 42.4 Å². The van der Waals surface area contributed by atoms with Crippen LogP contribution < -0.4 is 0 Å². The van der Waals surface area contributed by atoms with Gasteiger partial charge in [-0.05, 0) is 5.56 Å². The average Bonchev–Trinajstić information content (AvgIpc) is 2.61. The van der Waals surface area contributed by atoms with E-state index in [1.165, 1.54) is 0 Å². The van der Waals surface area contributed by atoms with Crippen LogP contribution in [0.5, 0.6) is 0 Å². The molecule has 0 aliphatic carbocycles. The molecular weight excluding hydrogens is 295 g/mol. The van der Waals surface area contributed by atoms with Gasteiger partial charge in [0.15, 0.2) is 5.97 Å². The molecule has 2 rings (SSSR count). The van der Waals surface area contributed by atoms with Crippen LogP contribution in [-0.4, -0.2) is 22.9 Å². The number of hydrogen-bond donors (Lipinski definition) is 1. The molecule has 1 aliphatic rings. The third-order valence-corrected chi connectivity index (χ3v) is 2.57. The first-order valence-electron chi connectivity index (χ1n) is 5.05. The predicted octanol–water partition coefficient (Wildman–Crippen LogP) is 1.71. The first kappa shape index (κ1) is 14.2. The molecular formula is C12H12NO3Y-. The summed E-state index contributed by atoms with van der Waals surface area (Å²) < 4.78 is 0. The predicted molar refractivity (Wildman–Crippen MR) is 59.0 cm³/mol. The standard InChI is InChI=1S/C12H12NO3.Y/c1-8-10(7-11(14)15)16-13-12(8)9-5-3-2-4-6-9;/h2-8,10H,1H3,(H,14,15);/q-1;. The van der Waals surface area contributed by atoms with E-state index in [-0.39, 0.29) is 38.6 Å². The minimum atomic E-state index is -0.985. The monoisotopic (exact) mass is 307 g/mol. The van der Waals surface area contributed by atoms with E-state index in [2.05, 4.69) is 5.16 Å². The van der Waals surface area contributed by atoms with Crippen LogP contribution in [0.4, 0.5) is 0 Å². The second kappa shape index (κ2) is 6.17. The maximum Gasteiger partial charge on any atom is 0.167 e. The van der Waals surface area contributed by atoms with Gasteiger partial charge < -0.3 is 9.94 Å². The molecule has 0 amide bonds. The fraction of sp³-hybridized carbons (Fsp3) is 0.250. The van der Waals surface area contributed by atoms with Gasteiger partial charge in [0.05, 0.1) is 5.71 Å². The van der Waals surface area contributed by atoms with Crippen molar-refractivity contribution in [1.82, 2.24) is 0 Å². The van der Waals surface area contributed by atoms with E-state index in [0.29, 0.717) is 0 Å². The van der Waals surface area contributed by atoms with E-state index < -0.39 is 12.1 Å². The summed E-state index contributed by atoms with van der Waals surface area (Å²) in [5, 5.41) is 12.6. The summed E-state index contributed by atoms with van der Waals surface area (Å²) >= 11 is 0. The Balaban J connectivity index is 0.00000144. The third-order valence-electron chi connectivity index (χ3n) is 2.57. The fourth-order valence-electron chi connectivity index (χ4n) is 1.69. The van der Waals surface area contributed by atoms with E-state index in [9.17, 15) is 4.79 Å². The zero-order chi connectivity index (χ0) is 11.5. The van der Waals surface area contributed by atoms with E-state index in [1.807, 2.05) is 37.3 Å². The van der Waals surface area contributed by atoms with Crippen LogP contribution in [-0.2, 0) is 42.3 Å². The Morgan fingerprint density at radius 3 is 2.65 bits per heavy atom. The van der Waals surface area contributed by atoms with Gasteiger partial charge in [-0.25, -0.2) is 6.42 Å². The van der Waals surface area contributed by atoms with Crippen molar-refractivity contribution >= 4 is 11.7 Å². The van der Waals surface area contributed by atoms with Crippen LogP contribution >= 0.6 is 0 Å². The number of carboxylic acids is 1. The Kier molecular flexibility index (Phi) is 5.15.